The normalized spacial score (nSPS) is 18.9. The van der Waals surface area contributed by atoms with Crippen molar-refractivity contribution in [2.45, 2.75) is 25.4 Å². The number of likely N-dealkylation sites (tertiary alicyclic amines) is 1. The Labute approximate surface area is 120 Å². The molecule has 2 amide bonds. The van der Waals surface area contributed by atoms with Crippen molar-refractivity contribution >= 4 is 12.0 Å². The Kier molecular flexibility index (Phi) is 6.25. The van der Waals surface area contributed by atoms with E-state index in [-0.39, 0.29) is 25.4 Å². The molecule has 2 N–H and O–H groups in total. The molecule has 1 unspecified atom stereocenters. The van der Waals surface area contributed by atoms with Crippen molar-refractivity contribution < 1.29 is 33.0 Å². The lowest BCUT2D eigenvalue weighted by molar-refractivity contribution is -0.141. The molecule has 0 aromatic heterocycles. The molecule has 0 aromatic carbocycles. The zero-order valence-electron chi connectivity index (χ0n) is 11.5. The number of urea groups is 1. The molecule has 0 bridgehead atoms. The van der Waals surface area contributed by atoms with Gasteiger partial charge in [0.05, 0.1) is 6.61 Å². The van der Waals surface area contributed by atoms with Gasteiger partial charge in [-0.25, -0.2) is 4.79 Å². The number of alkyl halides is 3. The minimum absolute atomic E-state index is 0.00749. The van der Waals surface area contributed by atoms with Crippen molar-refractivity contribution in [2.24, 2.45) is 5.92 Å². The molecule has 9 heteroatoms. The third-order valence-corrected chi connectivity index (χ3v) is 3.33. The maximum Gasteiger partial charge on any atom is 0.406 e. The number of aliphatic hydroxyl groups excluding tert-OH is 1. The fraction of sp³-hybridized carbons (Fsp3) is 0.833. The van der Waals surface area contributed by atoms with Crippen LogP contribution in [-0.4, -0.2) is 71.0 Å². The predicted octanol–water partition coefficient (Wildman–Crippen LogP) is 1.15. The highest BCUT2D eigenvalue weighted by Crippen LogP contribution is 2.23. The van der Waals surface area contributed by atoms with Crippen LogP contribution in [0.5, 0.6) is 0 Å². The zero-order chi connectivity index (χ0) is 16.0. The van der Waals surface area contributed by atoms with Crippen LogP contribution in [0, 0.1) is 5.92 Å². The second kappa shape index (κ2) is 7.48. The van der Waals surface area contributed by atoms with Crippen LogP contribution < -0.4 is 0 Å². The average molecular weight is 312 g/mol. The van der Waals surface area contributed by atoms with Crippen LogP contribution in [-0.2, 0) is 4.79 Å². The van der Waals surface area contributed by atoms with Crippen LogP contribution in [0.25, 0.3) is 0 Å². The Morgan fingerprint density at radius 2 is 2.00 bits per heavy atom. The van der Waals surface area contributed by atoms with Gasteiger partial charge in [0.2, 0.25) is 0 Å². The third-order valence-electron chi connectivity index (χ3n) is 3.33. The summed E-state index contributed by atoms with van der Waals surface area (Å²) in [5.74, 6) is -0.939. The van der Waals surface area contributed by atoms with Crippen molar-refractivity contribution in [2.75, 3.05) is 32.8 Å². The summed E-state index contributed by atoms with van der Waals surface area (Å²) in [4.78, 5) is 24.4. The number of carboxylic acids is 1. The predicted molar refractivity (Wildman–Crippen MR) is 66.7 cm³/mol. The standard InChI is InChI=1S/C12H19F3N2O4/c13-12(14,15)8-17(5-6-18)11(21)16-4-3-9(7-16)1-2-10(19)20/h9,18H,1-8H2,(H,19,20). The van der Waals surface area contributed by atoms with Gasteiger partial charge in [-0.1, -0.05) is 0 Å². The van der Waals surface area contributed by atoms with Crippen LogP contribution in [0.1, 0.15) is 19.3 Å². The van der Waals surface area contributed by atoms with Crippen LogP contribution in [0.3, 0.4) is 0 Å². The minimum Gasteiger partial charge on any atom is -0.481 e. The van der Waals surface area contributed by atoms with E-state index < -0.39 is 31.3 Å². The highest BCUT2D eigenvalue weighted by Gasteiger charge is 2.36. The van der Waals surface area contributed by atoms with E-state index in [0.717, 1.165) is 0 Å². The van der Waals surface area contributed by atoms with E-state index in [0.29, 0.717) is 24.3 Å². The van der Waals surface area contributed by atoms with E-state index in [9.17, 15) is 22.8 Å². The third kappa shape index (κ3) is 6.19. The number of amides is 2. The maximum absolute atomic E-state index is 12.4. The van der Waals surface area contributed by atoms with Gasteiger partial charge < -0.3 is 20.0 Å². The van der Waals surface area contributed by atoms with Gasteiger partial charge in [0, 0.05) is 26.1 Å². The summed E-state index contributed by atoms with van der Waals surface area (Å²) in [6, 6.07) is -0.765. The first-order valence-corrected chi connectivity index (χ1v) is 6.66. The van der Waals surface area contributed by atoms with E-state index in [1.807, 2.05) is 0 Å². The number of aliphatic carboxylic acids is 1. The first kappa shape index (κ1) is 17.5. The van der Waals surface area contributed by atoms with E-state index in [1.54, 1.807) is 0 Å². The topological polar surface area (TPSA) is 81.1 Å². The molecule has 1 atom stereocenters. The number of hydrogen-bond acceptors (Lipinski definition) is 3. The molecule has 1 rings (SSSR count). The van der Waals surface area contributed by atoms with E-state index in [2.05, 4.69) is 0 Å². The molecule has 0 aliphatic carbocycles. The monoisotopic (exact) mass is 312 g/mol. The van der Waals surface area contributed by atoms with Crippen LogP contribution in [0.15, 0.2) is 0 Å². The summed E-state index contributed by atoms with van der Waals surface area (Å²) < 4.78 is 37.2. The number of nitrogens with zero attached hydrogens (tertiary/aromatic N) is 2. The summed E-state index contributed by atoms with van der Waals surface area (Å²) in [6.07, 6.45) is -3.56. The van der Waals surface area contributed by atoms with Crippen molar-refractivity contribution in [3.63, 3.8) is 0 Å². The summed E-state index contributed by atoms with van der Waals surface area (Å²) in [5.41, 5.74) is 0. The van der Waals surface area contributed by atoms with Gasteiger partial charge in [-0.2, -0.15) is 13.2 Å². The van der Waals surface area contributed by atoms with Gasteiger partial charge in [0.1, 0.15) is 6.54 Å². The molecule has 0 spiro atoms. The first-order valence-electron chi connectivity index (χ1n) is 6.66. The highest BCUT2D eigenvalue weighted by molar-refractivity contribution is 5.75. The van der Waals surface area contributed by atoms with Gasteiger partial charge in [0.25, 0.3) is 0 Å². The number of carbonyl (C=O) groups is 2. The van der Waals surface area contributed by atoms with E-state index in [1.165, 1.54) is 4.90 Å². The maximum atomic E-state index is 12.4. The molecule has 1 saturated heterocycles. The second-order valence-electron chi connectivity index (χ2n) is 5.08. The Hall–Kier alpha value is -1.51. The van der Waals surface area contributed by atoms with Gasteiger partial charge >= 0.3 is 18.2 Å². The van der Waals surface area contributed by atoms with Gasteiger partial charge in [-0.3, -0.25) is 4.79 Å². The molecular formula is C12H19F3N2O4. The van der Waals surface area contributed by atoms with Crippen LogP contribution >= 0.6 is 0 Å². The number of carboxylic acid groups (broad SMARTS) is 1. The van der Waals surface area contributed by atoms with Gasteiger partial charge in [-0.05, 0) is 18.8 Å². The molecule has 0 aromatic rings. The molecule has 0 radical (unpaired) electrons. The Balaban J connectivity index is 2.54. The fourth-order valence-electron chi connectivity index (χ4n) is 2.35. The summed E-state index contributed by atoms with van der Waals surface area (Å²) in [7, 11) is 0. The lowest BCUT2D eigenvalue weighted by Crippen LogP contribution is -2.47. The van der Waals surface area contributed by atoms with Crippen molar-refractivity contribution in [1.29, 1.82) is 0 Å². The summed E-state index contributed by atoms with van der Waals surface area (Å²) in [6.45, 7) is -1.76. The number of rotatable bonds is 6. The molecular weight excluding hydrogens is 293 g/mol. The quantitative estimate of drug-likeness (QED) is 0.771. The lowest BCUT2D eigenvalue weighted by atomic mass is 10.0. The molecule has 6 nitrogen and oxygen atoms in total. The SMILES string of the molecule is O=C(O)CCC1CCN(C(=O)N(CCO)CC(F)(F)F)C1. The second-order valence-corrected chi connectivity index (χ2v) is 5.08. The highest BCUT2D eigenvalue weighted by atomic mass is 19.4. The smallest absolute Gasteiger partial charge is 0.406 e. The van der Waals surface area contributed by atoms with Gasteiger partial charge in [0.15, 0.2) is 0 Å². The van der Waals surface area contributed by atoms with E-state index >= 15 is 0 Å². The number of carbonyl (C=O) groups excluding carboxylic acids is 1. The first-order chi connectivity index (χ1) is 9.73. The number of aliphatic hydroxyl groups is 1. The molecule has 21 heavy (non-hydrogen) atoms. The Morgan fingerprint density at radius 1 is 1.33 bits per heavy atom. The van der Waals surface area contributed by atoms with Crippen molar-refractivity contribution in [3.05, 3.63) is 0 Å². The van der Waals surface area contributed by atoms with Crippen LogP contribution in [0.2, 0.25) is 0 Å². The molecule has 122 valence electrons. The summed E-state index contributed by atoms with van der Waals surface area (Å²) >= 11 is 0. The molecule has 1 heterocycles. The van der Waals surface area contributed by atoms with Crippen molar-refractivity contribution in [1.82, 2.24) is 9.80 Å². The fourth-order valence-corrected chi connectivity index (χ4v) is 2.35. The molecule has 1 aliphatic heterocycles. The molecule has 1 aliphatic rings. The average Bonchev–Trinajstić information content (AvgIpc) is 2.82. The zero-order valence-corrected chi connectivity index (χ0v) is 11.5. The van der Waals surface area contributed by atoms with E-state index in [4.69, 9.17) is 10.2 Å². The Bertz CT molecular complexity index is 376. The molecule has 1 fully saturated rings. The summed E-state index contributed by atoms with van der Waals surface area (Å²) in [5, 5.41) is 17.4. The van der Waals surface area contributed by atoms with Gasteiger partial charge in [-0.15, -0.1) is 0 Å². The number of hydrogen-bond donors (Lipinski definition) is 2. The minimum atomic E-state index is -4.52. The van der Waals surface area contributed by atoms with Crippen molar-refractivity contribution in [3.8, 4) is 0 Å². The Morgan fingerprint density at radius 3 is 2.52 bits per heavy atom. The lowest BCUT2D eigenvalue weighted by Gasteiger charge is -2.28. The largest absolute Gasteiger partial charge is 0.481 e. The van der Waals surface area contributed by atoms with Crippen LogP contribution in [0.4, 0.5) is 18.0 Å². The number of halogens is 3. The molecule has 0 saturated carbocycles.